The summed E-state index contributed by atoms with van der Waals surface area (Å²) >= 11 is 0. The summed E-state index contributed by atoms with van der Waals surface area (Å²) in [5.74, 6) is -1.42. The third kappa shape index (κ3) is 10.6. The van der Waals surface area contributed by atoms with Crippen LogP contribution < -0.4 is 15.4 Å². The monoisotopic (exact) mass is 758 g/mol. The molecule has 5 atom stereocenters. The van der Waals surface area contributed by atoms with E-state index < -0.39 is 64.6 Å². The van der Waals surface area contributed by atoms with Crippen molar-refractivity contribution in [1.29, 1.82) is 0 Å². The second-order valence-corrected chi connectivity index (χ2v) is 15.3. The summed E-state index contributed by atoms with van der Waals surface area (Å²) in [4.78, 5) is 29.3. The molecule has 1 aliphatic carbocycles. The molecule has 0 unspecified atom stereocenters. The van der Waals surface area contributed by atoms with E-state index in [0.29, 0.717) is 16.5 Å². The number of hydrogen-bond acceptors (Lipinski definition) is 8. The molecule has 0 saturated heterocycles. The van der Waals surface area contributed by atoms with Gasteiger partial charge in [0, 0.05) is 26.2 Å². The second kappa shape index (κ2) is 17.6. The molecular weight excluding hydrogens is 713 g/mol. The van der Waals surface area contributed by atoms with Gasteiger partial charge in [-0.2, -0.15) is 17.5 Å². The van der Waals surface area contributed by atoms with Gasteiger partial charge in [0.05, 0.1) is 37.5 Å². The number of carbonyl (C=O) groups is 2. The van der Waals surface area contributed by atoms with Crippen molar-refractivity contribution in [3.63, 3.8) is 0 Å². The van der Waals surface area contributed by atoms with Gasteiger partial charge in [0.15, 0.2) is 0 Å². The SMILES string of the molecule is COc1ccc2c(c1)[C@@H]1C[C@H]2N(C(=O)OCc2ccccc2)C/C=C\C[C@H](N(C)S(=O)(=O)CCC(F)(F)F)C(=O)N[C@@H](Cc2ccccc2)[C@H](O)CN1. The fourth-order valence-electron chi connectivity index (χ4n) is 6.63. The lowest BCUT2D eigenvalue weighted by atomic mass is 9.99. The van der Waals surface area contributed by atoms with Gasteiger partial charge in [-0.1, -0.05) is 78.9 Å². The zero-order valence-corrected chi connectivity index (χ0v) is 30.4. The Morgan fingerprint density at radius 2 is 1.68 bits per heavy atom. The van der Waals surface area contributed by atoms with E-state index in [1.807, 2.05) is 72.8 Å². The first-order chi connectivity index (χ1) is 25.3. The van der Waals surface area contributed by atoms with Crippen LogP contribution >= 0.6 is 0 Å². The molecule has 1 heterocycles. The van der Waals surface area contributed by atoms with Gasteiger partial charge in [0.25, 0.3) is 0 Å². The van der Waals surface area contributed by atoms with E-state index in [1.165, 1.54) is 6.08 Å². The zero-order valence-electron chi connectivity index (χ0n) is 29.5. The summed E-state index contributed by atoms with van der Waals surface area (Å²) in [6.07, 6.45) is -4.60. The van der Waals surface area contributed by atoms with Crippen LogP contribution in [0.2, 0.25) is 0 Å². The number of fused-ring (bicyclic) bond motifs is 5. The van der Waals surface area contributed by atoms with Crippen molar-refractivity contribution in [3.05, 3.63) is 113 Å². The number of aliphatic hydroxyl groups excluding tert-OH is 1. The summed E-state index contributed by atoms with van der Waals surface area (Å²) in [6.45, 7) is 0.0170. The average molecular weight is 759 g/mol. The lowest BCUT2D eigenvalue weighted by Gasteiger charge is -2.31. The van der Waals surface area contributed by atoms with Crippen LogP contribution in [0.25, 0.3) is 0 Å². The second-order valence-electron chi connectivity index (χ2n) is 13.2. The topological polar surface area (TPSA) is 138 Å². The molecule has 0 aromatic heterocycles. The molecule has 2 bridgehead atoms. The summed E-state index contributed by atoms with van der Waals surface area (Å²) in [7, 11) is -1.93. The minimum absolute atomic E-state index is 0.00704. The Balaban J connectivity index is 1.50. The molecule has 0 radical (unpaired) electrons. The number of halogens is 3. The highest BCUT2D eigenvalue weighted by Crippen LogP contribution is 2.44. The largest absolute Gasteiger partial charge is 0.497 e. The fraction of sp³-hybridized carbons (Fsp3) is 0.421. The zero-order chi connectivity index (χ0) is 38.2. The third-order valence-electron chi connectivity index (χ3n) is 9.62. The lowest BCUT2D eigenvalue weighted by Crippen LogP contribution is -2.55. The van der Waals surface area contributed by atoms with Crippen molar-refractivity contribution in [2.45, 2.75) is 68.7 Å². The van der Waals surface area contributed by atoms with Gasteiger partial charge in [-0.15, -0.1) is 0 Å². The molecule has 0 spiro atoms. The Labute approximate surface area is 307 Å². The van der Waals surface area contributed by atoms with Gasteiger partial charge in [-0.3, -0.25) is 9.69 Å². The van der Waals surface area contributed by atoms with E-state index in [0.717, 1.165) is 29.3 Å². The van der Waals surface area contributed by atoms with Crippen molar-refractivity contribution in [2.24, 2.45) is 0 Å². The van der Waals surface area contributed by atoms with Crippen molar-refractivity contribution < 1.29 is 45.8 Å². The number of alkyl halides is 3. The van der Waals surface area contributed by atoms with Gasteiger partial charge in [-0.05, 0) is 53.6 Å². The van der Waals surface area contributed by atoms with Gasteiger partial charge < -0.3 is 25.2 Å². The van der Waals surface area contributed by atoms with Gasteiger partial charge in [-0.25, -0.2) is 13.2 Å². The predicted octanol–water partition coefficient (Wildman–Crippen LogP) is 5.04. The number of benzene rings is 3. The van der Waals surface area contributed by atoms with Crippen molar-refractivity contribution in [1.82, 2.24) is 19.8 Å². The number of amides is 2. The number of sulfonamides is 1. The molecule has 53 heavy (non-hydrogen) atoms. The van der Waals surface area contributed by atoms with Crippen LogP contribution in [-0.2, 0) is 32.6 Å². The highest BCUT2D eigenvalue weighted by Gasteiger charge is 2.40. The number of rotatable bonds is 9. The maximum atomic E-state index is 13.9. The summed E-state index contributed by atoms with van der Waals surface area (Å²) in [6, 6.07) is 20.6. The van der Waals surface area contributed by atoms with Crippen molar-refractivity contribution >= 4 is 22.0 Å². The summed E-state index contributed by atoms with van der Waals surface area (Å²) in [5, 5.41) is 17.8. The van der Waals surface area contributed by atoms with E-state index in [-0.39, 0.29) is 38.6 Å². The molecule has 3 aromatic carbocycles. The Kier molecular flexibility index (Phi) is 13.2. The van der Waals surface area contributed by atoms with E-state index in [4.69, 9.17) is 9.47 Å². The molecule has 5 rings (SSSR count). The molecule has 15 heteroatoms. The molecule has 0 fully saturated rings. The Bertz CT molecular complexity index is 1830. The predicted molar refractivity (Wildman–Crippen MR) is 192 cm³/mol. The normalized spacial score (nSPS) is 23.3. The molecule has 3 aromatic rings. The molecule has 286 valence electrons. The minimum Gasteiger partial charge on any atom is -0.497 e. The van der Waals surface area contributed by atoms with E-state index >= 15 is 0 Å². The number of β-amino-alcohol motifs (C(OH)–C–C–N with tert-alkyl or cyclic N) is 1. The highest BCUT2D eigenvalue weighted by atomic mass is 32.2. The first-order valence-corrected chi connectivity index (χ1v) is 18.9. The highest BCUT2D eigenvalue weighted by molar-refractivity contribution is 7.89. The van der Waals surface area contributed by atoms with E-state index in [2.05, 4.69) is 10.6 Å². The van der Waals surface area contributed by atoms with Crippen LogP contribution in [0.15, 0.2) is 91.0 Å². The van der Waals surface area contributed by atoms with Crippen LogP contribution in [0.4, 0.5) is 18.0 Å². The van der Waals surface area contributed by atoms with Crippen LogP contribution in [0.1, 0.15) is 53.6 Å². The number of hydrogen-bond donors (Lipinski definition) is 3. The molecule has 3 N–H and O–H groups in total. The van der Waals surface area contributed by atoms with Gasteiger partial charge >= 0.3 is 12.3 Å². The Morgan fingerprint density at radius 3 is 2.34 bits per heavy atom. The maximum Gasteiger partial charge on any atom is 0.410 e. The Morgan fingerprint density at radius 1 is 1.00 bits per heavy atom. The molecule has 1 aliphatic heterocycles. The lowest BCUT2D eigenvalue weighted by molar-refractivity contribution is -0.130. The first-order valence-electron chi connectivity index (χ1n) is 17.3. The molecule has 0 saturated carbocycles. The molecule has 2 aliphatic rings. The molecular formula is C38H45F3N4O7S. The van der Waals surface area contributed by atoms with Crippen LogP contribution in [0, 0.1) is 0 Å². The number of carbonyl (C=O) groups excluding carboxylic acids is 2. The van der Waals surface area contributed by atoms with Gasteiger partial charge in [0.2, 0.25) is 15.9 Å². The average Bonchev–Trinajstić information content (AvgIpc) is 3.50. The van der Waals surface area contributed by atoms with Crippen molar-refractivity contribution in [3.8, 4) is 5.75 Å². The van der Waals surface area contributed by atoms with Gasteiger partial charge in [0.1, 0.15) is 18.4 Å². The standard InChI is InChI=1S/C38H45F3N4O7S/c1-44(53(49,50)20-18-38(39,40)41)33-15-9-10-19-45(37(48)52-25-27-13-7-4-8-14-27)34-23-31(30-22-28(51-2)16-17-29(30)34)42-24-35(46)32(43-36(33)47)21-26-11-5-3-6-12-26/h3-14,16-17,22,31-35,42,46H,15,18-21,23-25H2,1-2H3,(H,43,47)/b10-9-/t31-,32-,33-,34+,35+/m0/s1. The fourth-order valence-corrected chi connectivity index (χ4v) is 7.98. The first kappa shape index (κ1) is 39.8. The van der Waals surface area contributed by atoms with Crippen molar-refractivity contribution in [2.75, 3.05) is 33.0 Å². The third-order valence-corrected chi connectivity index (χ3v) is 11.5. The smallest absolute Gasteiger partial charge is 0.410 e. The van der Waals surface area contributed by atoms with Crippen LogP contribution in [0.5, 0.6) is 5.75 Å². The molecule has 2 amide bonds. The number of ether oxygens (including phenoxy) is 2. The number of likely N-dealkylation sites (N-methyl/N-ethyl adjacent to an activating group) is 1. The summed E-state index contributed by atoms with van der Waals surface area (Å²) in [5.41, 5.74) is 3.29. The van der Waals surface area contributed by atoms with Crippen LogP contribution in [0.3, 0.4) is 0 Å². The minimum atomic E-state index is -4.72. The van der Waals surface area contributed by atoms with E-state index in [1.54, 1.807) is 24.2 Å². The number of methoxy groups -OCH3 is 1. The quantitative estimate of drug-likeness (QED) is 0.259. The van der Waals surface area contributed by atoms with Crippen LogP contribution in [-0.4, -0.2) is 92.1 Å². The molecule has 11 nitrogen and oxygen atoms in total. The summed E-state index contributed by atoms with van der Waals surface area (Å²) < 4.78 is 77.4. The number of nitrogens with zero attached hydrogens (tertiary/aromatic N) is 2. The Hall–Kier alpha value is -4.44. The maximum absolute atomic E-state index is 13.9. The van der Waals surface area contributed by atoms with E-state index in [9.17, 15) is 36.3 Å². The number of nitrogens with one attached hydrogen (secondary N) is 2. The number of aliphatic hydroxyl groups is 1.